The van der Waals surface area contributed by atoms with Crippen LogP contribution in [0.2, 0.25) is 0 Å². The molecule has 2 aromatic carbocycles. The third-order valence-corrected chi connectivity index (χ3v) is 7.29. The fourth-order valence-electron chi connectivity index (χ4n) is 4.71. The molecule has 5 rings (SSSR count). The number of halogens is 1. The predicted molar refractivity (Wildman–Crippen MR) is 129 cm³/mol. The van der Waals surface area contributed by atoms with Crippen LogP contribution >= 0.6 is 11.3 Å². The number of aromatic nitrogens is 1. The van der Waals surface area contributed by atoms with E-state index in [2.05, 4.69) is 4.98 Å². The molecule has 2 aromatic heterocycles. The van der Waals surface area contributed by atoms with Crippen LogP contribution in [0, 0.1) is 12.7 Å². The molecule has 1 aliphatic heterocycles. The van der Waals surface area contributed by atoms with E-state index in [1.807, 2.05) is 36.1 Å². The minimum atomic E-state index is -0.539. The number of likely N-dealkylation sites (tertiary alicyclic amines) is 1. The fraction of sp³-hybridized carbons (Fsp3) is 0.269. The number of primary amides is 1. The molecule has 174 valence electrons. The number of furan rings is 1. The van der Waals surface area contributed by atoms with Gasteiger partial charge in [-0.1, -0.05) is 30.3 Å². The van der Waals surface area contributed by atoms with Gasteiger partial charge in [0.05, 0.1) is 15.4 Å². The zero-order valence-corrected chi connectivity index (χ0v) is 19.5. The number of benzene rings is 2. The van der Waals surface area contributed by atoms with Crippen LogP contribution in [0.3, 0.4) is 0 Å². The minimum absolute atomic E-state index is 0.150. The summed E-state index contributed by atoms with van der Waals surface area (Å²) >= 11 is 1.42. The summed E-state index contributed by atoms with van der Waals surface area (Å²) < 4.78 is 19.5. The van der Waals surface area contributed by atoms with Gasteiger partial charge in [0.15, 0.2) is 0 Å². The van der Waals surface area contributed by atoms with E-state index in [4.69, 9.17) is 10.2 Å². The van der Waals surface area contributed by atoms with E-state index in [1.54, 1.807) is 12.1 Å². The number of thiazole rings is 1. The maximum absolute atomic E-state index is 13.7. The van der Waals surface area contributed by atoms with Gasteiger partial charge in [-0.25, -0.2) is 9.37 Å². The molecule has 0 bridgehead atoms. The molecule has 6 nitrogen and oxygen atoms in total. The van der Waals surface area contributed by atoms with Crippen molar-refractivity contribution in [2.75, 3.05) is 6.54 Å². The quantitative estimate of drug-likeness (QED) is 0.420. The predicted octanol–water partition coefficient (Wildman–Crippen LogP) is 5.34. The van der Waals surface area contributed by atoms with Crippen molar-refractivity contribution in [2.24, 2.45) is 5.73 Å². The number of carbonyl (C=O) groups excluding carboxylic acids is 2. The standard InChI is InChI=1S/C26H24FN3O3S/c1-15-29-23(24(34-15)16-9-11-17(27)12-10-16)26(32)30-13-5-4-6-18(30)14-21-22(25(28)31)19-7-2-3-8-20(19)33-21/h2-3,7-12,18H,4-6,13-14H2,1H3,(H2,28,31). The molecule has 0 aliphatic carbocycles. The average molecular weight is 478 g/mol. The molecule has 34 heavy (non-hydrogen) atoms. The van der Waals surface area contributed by atoms with E-state index in [9.17, 15) is 14.0 Å². The highest BCUT2D eigenvalue weighted by atomic mass is 32.1. The molecule has 4 aromatic rings. The van der Waals surface area contributed by atoms with Crippen LogP contribution in [0.4, 0.5) is 4.39 Å². The Morgan fingerprint density at radius 3 is 2.71 bits per heavy atom. The molecule has 8 heteroatoms. The number of hydrogen-bond acceptors (Lipinski definition) is 5. The molecule has 2 N–H and O–H groups in total. The smallest absolute Gasteiger partial charge is 0.274 e. The lowest BCUT2D eigenvalue weighted by atomic mass is 9.95. The third kappa shape index (κ3) is 4.09. The summed E-state index contributed by atoms with van der Waals surface area (Å²) in [5.41, 5.74) is 7.82. The van der Waals surface area contributed by atoms with Crippen molar-refractivity contribution in [2.45, 2.75) is 38.6 Å². The molecule has 0 saturated carbocycles. The van der Waals surface area contributed by atoms with Gasteiger partial charge in [0.2, 0.25) is 0 Å². The summed E-state index contributed by atoms with van der Waals surface area (Å²) in [6.45, 7) is 2.45. The number of fused-ring (bicyclic) bond motifs is 1. The summed E-state index contributed by atoms with van der Waals surface area (Å²) in [5.74, 6) is -0.524. The molecule has 0 radical (unpaired) electrons. The van der Waals surface area contributed by atoms with Crippen LogP contribution in [-0.2, 0) is 6.42 Å². The maximum atomic E-state index is 13.7. The topological polar surface area (TPSA) is 89.4 Å². The van der Waals surface area contributed by atoms with Gasteiger partial charge in [-0.15, -0.1) is 11.3 Å². The fourth-order valence-corrected chi connectivity index (χ4v) is 5.63. The van der Waals surface area contributed by atoms with Gasteiger partial charge >= 0.3 is 0 Å². The largest absolute Gasteiger partial charge is 0.460 e. The Labute approximate surface area is 200 Å². The highest BCUT2D eigenvalue weighted by Gasteiger charge is 2.33. The van der Waals surface area contributed by atoms with Gasteiger partial charge < -0.3 is 15.1 Å². The minimum Gasteiger partial charge on any atom is -0.460 e. The first-order chi connectivity index (χ1) is 16.4. The van der Waals surface area contributed by atoms with Gasteiger partial charge in [-0.3, -0.25) is 9.59 Å². The zero-order valence-electron chi connectivity index (χ0n) is 18.7. The van der Waals surface area contributed by atoms with Crippen LogP contribution in [0.5, 0.6) is 0 Å². The molecule has 1 atom stereocenters. The van der Waals surface area contributed by atoms with Gasteiger partial charge in [0, 0.05) is 24.4 Å². The number of para-hydroxylation sites is 1. The van der Waals surface area contributed by atoms with E-state index in [-0.39, 0.29) is 17.8 Å². The molecule has 0 spiro atoms. The van der Waals surface area contributed by atoms with E-state index in [0.29, 0.717) is 41.0 Å². The van der Waals surface area contributed by atoms with Crippen molar-refractivity contribution in [1.29, 1.82) is 0 Å². The Bertz CT molecular complexity index is 1380. The number of piperidine rings is 1. The summed E-state index contributed by atoms with van der Waals surface area (Å²) in [4.78, 5) is 33.1. The summed E-state index contributed by atoms with van der Waals surface area (Å²) in [6.07, 6.45) is 3.05. The van der Waals surface area contributed by atoms with Crippen LogP contribution in [0.15, 0.2) is 52.9 Å². The first-order valence-electron chi connectivity index (χ1n) is 11.3. The summed E-state index contributed by atoms with van der Waals surface area (Å²) in [7, 11) is 0. The van der Waals surface area contributed by atoms with Crippen LogP contribution < -0.4 is 5.73 Å². The summed E-state index contributed by atoms with van der Waals surface area (Å²) in [5, 5.41) is 1.46. The van der Waals surface area contributed by atoms with Crippen LogP contribution in [0.1, 0.15) is 50.9 Å². The molecular weight excluding hydrogens is 453 g/mol. The Morgan fingerprint density at radius 1 is 1.18 bits per heavy atom. The van der Waals surface area contributed by atoms with Crippen LogP contribution in [0.25, 0.3) is 21.4 Å². The van der Waals surface area contributed by atoms with E-state index >= 15 is 0 Å². The lowest BCUT2D eigenvalue weighted by Crippen LogP contribution is -2.45. The monoisotopic (exact) mass is 477 g/mol. The second-order valence-electron chi connectivity index (χ2n) is 8.53. The molecule has 1 saturated heterocycles. The van der Waals surface area contributed by atoms with Crippen molar-refractivity contribution < 1.29 is 18.4 Å². The number of amides is 2. The van der Waals surface area contributed by atoms with Crippen molar-refractivity contribution in [3.63, 3.8) is 0 Å². The SMILES string of the molecule is Cc1nc(C(=O)N2CCCCC2Cc2oc3ccccc3c2C(N)=O)c(-c2ccc(F)cc2)s1. The van der Waals surface area contributed by atoms with E-state index in [0.717, 1.165) is 34.7 Å². The highest BCUT2D eigenvalue weighted by molar-refractivity contribution is 7.15. The highest BCUT2D eigenvalue weighted by Crippen LogP contribution is 2.34. The Kier molecular flexibility index (Phi) is 5.91. The normalized spacial score (nSPS) is 16.2. The van der Waals surface area contributed by atoms with Gasteiger partial charge in [-0.2, -0.15) is 0 Å². The number of rotatable bonds is 5. The Hall–Kier alpha value is -3.52. The molecule has 1 aliphatic rings. The molecular formula is C26H24FN3O3S. The third-order valence-electron chi connectivity index (χ3n) is 6.27. The van der Waals surface area contributed by atoms with Crippen molar-refractivity contribution in [1.82, 2.24) is 9.88 Å². The van der Waals surface area contributed by atoms with Crippen LogP contribution in [-0.4, -0.2) is 34.3 Å². The van der Waals surface area contributed by atoms with Gasteiger partial charge in [0.25, 0.3) is 11.8 Å². The van der Waals surface area contributed by atoms with Gasteiger partial charge in [-0.05, 0) is 49.9 Å². The number of hydrogen-bond donors (Lipinski definition) is 1. The van der Waals surface area contributed by atoms with Crippen molar-refractivity contribution in [3.05, 3.63) is 76.4 Å². The Balaban J connectivity index is 1.48. The molecule has 2 amide bonds. The number of nitrogens with zero attached hydrogens (tertiary/aromatic N) is 2. The maximum Gasteiger partial charge on any atom is 0.274 e. The number of nitrogens with two attached hydrogens (primary N) is 1. The lowest BCUT2D eigenvalue weighted by molar-refractivity contribution is 0.0603. The number of aryl methyl sites for hydroxylation is 1. The first kappa shape index (κ1) is 22.3. The lowest BCUT2D eigenvalue weighted by Gasteiger charge is -2.35. The van der Waals surface area contributed by atoms with Gasteiger partial charge in [0.1, 0.15) is 22.9 Å². The van der Waals surface area contributed by atoms with Crippen molar-refractivity contribution >= 4 is 34.1 Å². The number of carbonyl (C=O) groups is 2. The summed E-state index contributed by atoms with van der Waals surface area (Å²) in [6, 6.07) is 13.3. The molecule has 1 fully saturated rings. The van der Waals surface area contributed by atoms with E-state index in [1.165, 1.54) is 23.5 Å². The molecule has 3 heterocycles. The first-order valence-corrected chi connectivity index (χ1v) is 12.1. The van der Waals surface area contributed by atoms with E-state index < -0.39 is 5.91 Å². The second-order valence-corrected chi connectivity index (χ2v) is 9.73. The average Bonchev–Trinajstić information content (AvgIpc) is 3.39. The molecule has 1 unspecified atom stereocenters. The second kappa shape index (κ2) is 9.02. The Morgan fingerprint density at radius 2 is 1.94 bits per heavy atom. The van der Waals surface area contributed by atoms with Crippen molar-refractivity contribution in [3.8, 4) is 10.4 Å². The zero-order chi connectivity index (χ0) is 23.8.